The van der Waals surface area contributed by atoms with Crippen molar-refractivity contribution in [3.63, 3.8) is 0 Å². The van der Waals surface area contributed by atoms with Crippen LogP contribution in [-0.4, -0.2) is 38.1 Å². The second-order valence-electron chi connectivity index (χ2n) is 7.28. The standard InChI is InChI=1S/C23H28N2O3S/c1-5-20(26)28-21-22(17-9-6-15(2)7-10-17)29-19-14-16(3)8-11-18(19)25(23(21)27)13-12-24-4/h6-11,14,21-22,24H,5,12-13H2,1-4H3/t21-,22+/m0/s1. The molecule has 1 aliphatic rings. The molecule has 2 aromatic rings. The average Bonchev–Trinajstić information content (AvgIpc) is 2.82. The van der Waals surface area contributed by atoms with Crippen LogP contribution in [0.1, 0.15) is 35.3 Å². The molecule has 1 amide bonds. The lowest BCUT2D eigenvalue weighted by atomic mass is 10.0. The molecule has 0 saturated heterocycles. The number of carbonyl (C=O) groups is 2. The van der Waals surface area contributed by atoms with Gasteiger partial charge in [-0.15, -0.1) is 11.8 Å². The summed E-state index contributed by atoms with van der Waals surface area (Å²) < 4.78 is 5.73. The topological polar surface area (TPSA) is 58.6 Å². The van der Waals surface area contributed by atoms with Crippen molar-refractivity contribution >= 4 is 29.3 Å². The number of aryl methyl sites for hydroxylation is 2. The molecule has 0 aliphatic carbocycles. The third kappa shape index (κ3) is 4.82. The highest BCUT2D eigenvalue weighted by Crippen LogP contribution is 2.47. The van der Waals surface area contributed by atoms with Crippen LogP contribution in [0, 0.1) is 13.8 Å². The molecule has 0 aromatic heterocycles. The number of ether oxygens (including phenoxy) is 1. The minimum Gasteiger partial charge on any atom is -0.451 e. The molecule has 0 spiro atoms. The Hall–Kier alpha value is -2.31. The maximum Gasteiger partial charge on any atom is 0.306 e. The summed E-state index contributed by atoms with van der Waals surface area (Å²) in [6, 6.07) is 14.2. The Balaban J connectivity index is 2.11. The molecule has 1 N–H and O–H groups in total. The fraction of sp³-hybridized carbons (Fsp3) is 0.391. The van der Waals surface area contributed by atoms with Crippen molar-refractivity contribution in [1.82, 2.24) is 5.32 Å². The van der Waals surface area contributed by atoms with E-state index in [1.165, 1.54) is 0 Å². The number of anilines is 1. The first-order valence-corrected chi connectivity index (χ1v) is 10.8. The first kappa shape index (κ1) is 21.4. The fourth-order valence-electron chi connectivity index (χ4n) is 3.33. The van der Waals surface area contributed by atoms with Crippen LogP contribution in [-0.2, 0) is 14.3 Å². The molecule has 154 valence electrons. The van der Waals surface area contributed by atoms with E-state index in [0.29, 0.717) is 13.1 Å². The van der Waals surface area contributed by atoms with E-state index in [-0.39, 0.29) is 23.5 Å². The van der Waals surface area contributed by atoms with Gasteiger partial charge in [0.15, 0.2) is 6.10 Å². The first-order valence-electron chi connectivity index (χ1n) is 9.94. The van der Waals surface area contributed by atoms with Crippen LogP contribution in [0.4, 0.5) is 5.69 Å². The van der Waals surface area contributed by atoms with E-state index in [0.717, 1.165) is 27.3 Å². The molecule has 2 atom stereocenters. The van der Waals surface area contributed by atoms with Crippen LogP contribution in [0.15, 0.2) is 47.4 Å². The predicted octanol–water partition coefficient (Wildman–Crippen LogP) is 4.02. The number of nitrogens with zero attached hydrogens (tertiary/aromatic N) is 1. The van der Waals surface area contributed by atoms with Crippen molar-refractivity contribution in [2.24, 2.45) is 0 Å². The van der Waals surface area contributed by atoms with E-state index in [1.54, 1.807) is 23.6 Å². The van der Waals surface area contributed by atoms with Crippen LogP contribution in [0.3, 0.4) is 0 Å². The third-order valence-electron chi connectivity index (χ3n) is 4.98. The lowest BCUT2D eigenvalue weighted by Crippen LogP contribution is -2.45. The number of benzene rings is 2. The lowest BCUT2D eigenvalue weighted by molar-refractivity contribution is -0.154. The normalized spacial score (nSPS) is 18.9. The number of esters is 1. The number of nitrogens with one attached hydrogen (secondary N) is 1. The van der Waals surface area contributed by atoms with E-state index >= 15 is 0 Å². The van der Waals surface area contributed by atoms with Gasteiger partial charge in [0, 0.05) is 24.4 Å². The summed E-state index contributed by atoms with van der Waals surface area (Å²) in [6.07, 6.45) is -0.641. The second-order valence-corrected chi connectivity index (χ2v) is 8.46. The Morgan fingerprint density at radius 2 is 1.83 bits per heavy atom. The molecule has 1 aliphatic heterocycles. The van der Waals surface area contributed by atoms with Gasteiger partial charge in [-0.1, -0.05) is 42.8 Å². The van der Waals surface area contributed by atoms with Gasteiger partial charge in [-0.3, -0.25) is 9.59 Å². The molecular formula is C23H28N2O3S. The Morgan fingerprint density at radius 1 is 1.14 bits per heavy atom. The zero-order valence-corrected chi connectivity index (χ0v) is 18.2. The van der Waals surface area contributed by atoms with Crippen molar-refractivity contribution in [2.75, 3.05) is 25.0 Å². The zero-order chi connectivity index (χ0) is 21.0. The number of fused-ring (bicyclic) bond motifs is 1. The number of rotatable bonds is 6. The third-order valence-corrected chi connectivity index (χ3v) is 6.34. The lowest BCUT2D eigenvalue weighted by Gasteiger charge is -2.28. The van der Waals surface area contributed by atoms with Crippen LogP contribution in [0.25, 0.3) is 0 Å². The molecule has 0 unspecified atom stereocenters. The van der Waals surface area contributed by atoms with Gasteiger partial charge in [0.1, 0.15) is 0 Å². The summed E-state index contributed by atoms with van der Waals surface area (Å²) in [5.41, 5.74) is 4.12. The molecule has 0 fully saturated rings. The van der Waals surface area contributed by atoms with Crippen molar-refractivity contribution in [2.45, 2.75) is 43.4 Å². The van der Waals surface area contributed by atoms with Gasteiger partial charge in [-0.05, 0) is 44.2 Å². The smallest absolute Gasteiger partial charge is 0.306 e. The predicted molar refractivity (Wildman–Crippen MR) is 117 cm³/mol. The van der Waals surface area contributed by atoms with Gasteiger partial charge in [-0.2, -0.15) is 0 Å². The van der Waals surface area contributed by atoms with Gasteiger partial charge in [0.25, 0.3) is 5.91 Å². The summed E-state index contributed by atoms with van der Waals surface area (Å²) in [5.74, 6) is -0.542. The van der Waals surface area contributed by atoms with E-state index in [1.807, 2.05) is 57.3 Å². The van der Waals surface area contributed by atoms with Crippen molar-refractivity contribution in [3.05, 3.63) is 59.2 Å². The molecule has 0 saturated carbocycles. The summed E-state index contributed by atoms with van der Waals surface area (Å²) >= 11 is 1.59. The number of hydrogen-bond acceptors (Lipinski definition) is 5. The van der Waals surface area contributed by atoms with Gasteiger partial charge >= 0.3 is 5.97 Å². The molecule has 2 aromatic carbocycles. The van der Waals surface area contributed by atoms with E-state index in [9.17, 15) is 9.59 Å². The average molecular weight is 413 g/mol. The van der Waals surface area contributed by atoms with Gasteiger partial charge in [0.05, 0.1) is 10.9 Å². The van der Waals surface area contributed by atoms with E-state index in [2.05, 4.69) is 11.4 Å². The monoisotopic (exact) mass is 412 g/mol. The first-order chi connectivity index (χ1) is 13.9. The minimum atomic E-state index is -0.875. The maximum atomic E-state index is 13.6. The Kier molecular flexibility index (Phi) is 6.98. The number of carbonyl (C=O) groups excluding carboxylic acids is 2. The number of amides is 1. The highest BCUT2D eigenvalue weighted by atomic mass is 32.2. The molecule has 0 radical (unpaired) electrons. The maximum absolute atomic E-state index is 13.6. The van der Waals surface area contributed by atoms with E-state index < -0.39 is 6.10 Å². The summed E-state index contributed by atoms with van der Waals surface area (Å²) in [7, 11) is 1.86. The SMILES string of the molecule is CCC(=O)O[C@@H]1C(=O)N(CCNC)c2ccc(C)cc2S[C@@H]1c1ccc(C)cc1. The highest BCUT2D eigenvalue weighted by Gasteiger charge is 2.40. The van der Waals surface area contributed by atoms with Crippen molar-refractivity contribution in [1.29, 1.82) is 0 Å². The highest BCUT2D eigenvalue weighted by molar-refractivity contribution is 7.99. The van der Waals surface area contributed by atoms with Crippen LogP contribution in [0.5, 0.6) is 0 Å². The number of hydrogen-bond donors (Lipinski definition) is 1. The zero-order valence-electron chi connectivity index (χ0n) is 17.4. The van der Waals surface area contributed by atoms with E-state index in [4.69, 9.17) is 4.74 Å². The molecule has 3 rings (SSSR count). The molecular weight excluding hydrogens is 384 g/mol. The summed E-state index contributed by atoms with van der Waals surface area (Å²) in [4.78, 5) is 28.6. The van der Waals surface area contributed by atoms with Gasteiger partial charge in [-0.25, -0.2) is 0 Å². The Morgan fingerprint density at radius 3 is 2.48 bits per heavy atom. The number of likely N-dealkylation sites (N-methyl/N-ethyl adjacent to an activating group) is 1. The summed E-state index contributed by atoms with van der Waals surface area (Å²) in [6.45, 7) is 6.97. The van der Waals surface area contributed by atoms with Crippen molar-refractivity contribution < 1.29 is 14.3 Å². The minimum absolute atomic E-state index is 0.178. The largest absolute Gasteiger partial charge is 0.451 e. The summed E-state index contributed by atoms with van der Waals surface area (Å²) in [5, 5.41) is 2.80. The quantitative estimate of drug-likeness (QED) is 0.726. The Bertz CT molecular complexity index is 882. The second kappa shape index (κ2) is 9.46. The molecule has 29 heavy (non-hydrogen) atoms. The van der Waals surface area contributed by atoms with Gasteiger partial charge < -0.3 is 15.0 Å². The van der Waals surface area contributed by atoms with Crippen molar-refractivity contribution in [3.8, 4) is 0 Å². The van der Waals surface area contributed by atoms with Gasteiger partial charge in [0.2, 0.25) is 0 Å². The number of thioether (sulfide) groups is 1. The van der Waals surface area contributed by atoms with Crippen LogP contribution >= 0.6 is 11.8 Å². The van der Waals surface area contributed by atoms with Crippen LogP contribution < -0.4 is 10.2 Å². The molecule has 1 heterocycles. The van der Waals surface area contributed by atoms with Crippen LogP contribution in [0.2, 0.25) is 0 Å². The molecule has 5 nitrogen and oxygen atoms in total. The fourth-order valence-corrected chi connectivity index (χ4v) is 4.74. The molecule has 0 bridgehead atoms. The Labute approximate surface area is 176 Å². The molecule has 6 heteroatoms.